The Kier molecular flexibility index (Phi) is 4.64. The second kappa shape index (κ2) is 6.06. The van der Waals surface area contributed by atoms with Crippen LogP contribution in [0.4, 0.5) is 0 Å². The molecule has 19 heavy (non-hydrogen) atoms. The van der Waals surface area contributed by atoms with Crippen molar-refractivity contribution in [3.8, 4) is 0 Å². The second-order valence-electron chi connectivity index (χ2n) is 6.23. The number of rotatable bonds is 3. The van der Waals surface area contributed by atoms with Gasteiger partial charge in [-0.15, -0.1) is 0 Å². The van der Waals surface area contributed by atoms with Crippen LogP contribution in [0.15, 0.2) is 12.1 Å². The molecule has 0 aliphatic carbocycles. The number of hydrogen-bond donors (Lipinski definition) is 1. The van der Waals surface area contributed by atoms with Gasteiger partial charge in [0.1, 0.15) is 0 Å². The molecule has 1 aliphatic rings. The van der Waals surface area contributed by atoms with Crippen molar-refractivity contribution in [2.75, 3.05) is 0 Å². The summed E-state index contributed by atoms with van der Waals surface area (Å²) in [6, 6.07) is 5.93. The number of nitrogens with one attached hydrogen (secondary N) is 1. The standard InChI is InChI=1S/C17H28N2/c1-12-9-14(3)17(10-13(12)2)11-18-19-15(4)7-6-8-16(19)5/h9-10,15-16,18H,6-8,11H2,1-5H3. The highest BCUT2D eigenvalue weighted by Crippen LogP contribution is 2.21. The molecule has 1 heterocycles. The molecule has 2 heteroatoms. The highest BCUT2D eigenvalue weighted by atomic mass is 15.5. The van der Waals surface area contributed by atoms with Gasteiger partial charge >= 0.3 is 0 Å². The van der Waals surface area contributed by atoms with Crippen molar-refractivity contribution >= 4 is 0 Å². The fourth-order valence-electron chi connectivity index (χ4n) is 3.12. The number of hydrazine groups is 1. The highest BCUT2D eigenvalue weighted by Gasteiger charge is 2.24. The van der Waals surface area contributed by atoms with Crippen molar-refractivity contribution in [1.29, 1.82) is 0 Å². The lowest BCUT2D eigenvalue weighted by Crippen LogP contribution is -2.51. The second-order valence-corrected chi connectivity index (χ2v) is 6.23. The Balaban J connectivity index is 2.04. The average Bonchev–Trinajstić information content (AvgIpc) is 2.34. The van der Waals surface area contributed by atoms with E-state index >= 15 is 0 Å². The van der Waals surface area contributed by atoms with Crippen LogP contribution in [0.25, 0.3) is 0 Å². The molecule has 0 aromatic heterocycles. The SMILES string of the molecule is Cc1cc(C)c(CNN2C(C)CCCC2C)cc1C. The fourth-order valence-corrected chi connectivity index (χ4v) is 3.12. The first kappa shape index (κ1) is 14.5. The molecule has 1 saturated heterocycles. The minimum Gasteiger partial charge on any atom is -0.250 e. The van der Waals surface area contributed by atoms with Gasteiger partial charge in [0.05, 0.1) is 0 Å². The number of aryl methyl sites for hydroxylation is 3. The van der Waals surface area contributed by atoms with Crippen LogP contribution < -0.4 is 5.43 Å². The first-order valence-corrected chi connectivity index (χ1v) is 7.57. The van der Waals surface area contributed by atoms with E-state index in [0.717, 1.165) is 6.54 Å². The Morgan fingerprint density at radius 3 is 2.21 bits per heavy atom. The molecule has 0 radical (unpaired) electrons. The van der Waals surface area contributed by atoms with Gasteiger partial charge in [0.2, 0.25) is 0 Å². The molecule has 0 amide bonds. The number of piperidine rings is 1. The molecule has 2 rings (SSSR count). The molecule has 1 aromatic rings. The topological polar surface area (TPSA) is 15.3 Å². The quantitative estimate of drug-likeness (QED) is 0.887. The van der Waals surface area contributed by atoms with E-state index in [2.05, 4.69) is 57.2 Å². The van der Waals surface area contributed by atoms with Crippen LogP contribution in [-0.2, 0) is 6.54 Å². The highest BCUT2D eigenvalue weighted by molar-refractivity contribution is 5.36. The van der Waals surface area contributed by atoms with Crippen LogP contribution >= 0.6 is 0 Å². The molecule has 1 fully saturated rings. The van der Waals surface area contributed by atoms with Crippen LogP contribution in [0.2, 0.25) is 0 Å². The molecule has 2 unspecified atom stereocenters. The summed E-state index contributed by atoms with van der Waals surface area (Å²) in [5.74, 6) is 0. The van der Waals surface area contributed by atoms with E-state index in [1.807, 2.05) is 0 Å². The molecule has 0 saturated carbocycles. The van der Waals surface area contributed by atoms with Crippen molar-refractivity contribution in [1.82, 2.24) is 10.4 Å². The zero-order valence-electron chi connectivity index (χ0n) is 13.1. The van der Waals surface area contributed by atoms with Gasteiger partial charge in [0.15, 0.2) is 0 Å². The Morgan fingerprint density at radius 2 is 1.58 bits per heavy atom. The monoisotopic (exact) mass is 260 g/mol. The lowest BCUT2D eigenvalue weighted by molar-refractivity contribution is 0.0435. The van der Waals surface area contributed by atoms with Crippen LogP contribution in [0.5, 0.6) is 0 Å². The number of benzene rings is 1. The Hall–Kier alpha value is -0.860. The van der Waals surface area contributed by atoms with E-state index in [1.165, 1.54) is 41.5 Å². The van der Waals surface area contributed by atoms with Gasteiger partial charge in [0.25, 0.3) is 0 Å². The van der Waals surface area contributed by atoms with E-state index in [0.29, 0.717) is 12.1 Å². The van der Waals surface area contributed by atoms with Crippen molar-refractivity contribution in [2.24, 2.45) is 0 Å². The minimum atomic E-state index is 0.649. The summed E-state index contributed by atoms with van der Waals surface area (Å²) in [6.07, 6.45) is 3.98. The van der Waals surface area contributed by atoms with E-state index in [9.17, 15) is 0 Å². The fraction of sp³-hybridized carbons (Fsp3) is 0.647. The summed E-state index contributed by atoms with van der Waals surface area (Å²) >= 11 is 0. The van der Waals surface area contributed by atoms with Crippen molar-refractivity contribution in [3.05, 3.63) is 34.4 Å². The van der Waals surface area contributed by atoms with Gasteiger partial charge in [-0.05, 0) is 69.7 Å². The van der Waals surface area contributed by atoms with Gasteiger partial charge in [0, 0.05) is 18.6 Å². The lowest BCUT2D eigenvalue weighted by atomic mass is 9.99. The zero-order chi connectivity index (χ0) is 14.0. The summed E-state index contributed by atoms with van der Waals surface area (Å²) in [6.45, 7) is 12.2. The predicted octanol–water partition coefficient (Wildman–Crippen LogP) is 3.88. The third-order valence-corrected chi connectivity index (χ3v) is 4.60. The molecular formula is C17H28N2. The maximum absolute atomic E-state index is 3.66. The summed E-state index contributed by atoms with van der Waals surface area (Å²) in [5.41, 5.74) is 9.26. The normalized spacial score (nSPS) is 24.7. The third kappa shape index (κ3) is 3.37. The molecule has 1 N–H and O–H groups in total. The average molecular weight is 260 g/mol. The molecule has 2 atom stereocenters. The van der Waals surface area contributed by atoms with E-state index < -0.39 is 0 Å². The Morgan fingerprint density at radius 1 is 1.00 bits per heavy atom. The summed E-state index contributed by atoms with van der Waals surface area (Å²) in [4.78, 5) is 0. The first-order valence-electron chi connectivity index (χ1n) is 7.57. The summed E-state index contributed by atoms with van der Waals surface area (Å²) in [7, 11) is 0. The van der Waals surface area contributed by atoms with Crippen molar-refractivity contribution < 1.29 is 0 Å². The van der Waals surface area contributed by atoms with Gasteiger partial charge in [-0.25, -0.2) is 5.01 Å². The number of hydrogen-bond acceptors (Lipinski definition) is 2. The van der Waals surface area contributed by atoms with E-state index in [1.54, 1.807) is 0 Å². The van der Waals surface area contributed by atoms with Crippen LogP contribution in [-0.4, -0.2) is 17.1 Å². The molecule has 0 spiro atoms. The maximum atomic E-state index is 3.66. The lowest BCUT2D eigenvalue weighted by Gasteiger charge is -2.39. The van der Waals surface area contributed by atoms with Gasteiger partial charge in [-0.3, -0.25) is 5.43 Å². The smallest absolute Gasteiger partial charge is 0.0356 e. The molecular weight excluding hydrogens is 232 g/mol. The molecule has 1 aromatic carbocycles. The van der Waals surface area contributed by atoms with Crippen LogP contribution in [0, 0.1) is 20.8 Å². The van der Waals surface area contributed by atoms with E-state index in [4.69, 9.17) is 0 Å². The van der Waals surface area contributed by atoms with Crippen molar-refractivity contribution in [2.45, 2.75) is 72.5 Å². The van der Waals surface area contributed by atoms with E-state index in [-0.39, 0.29) is 0 Å². The molecule has 1 aliphatic heterocycles. The van der Waals surface area contributed by atoms with Crippen LogP contribution in [0.3, 0.4) is 0 Å². The van der Waals surface area contributed by atoms with Crippen molar-refractivity contribution in [3.63, 3.8) is 0 Å². The van der Waals surface area contributed by atoms with Gasteiger partial charge in [-0.1, -0.05) is 18.6 Å². The maximum Gasteiger partial charge on any atom is 0.0356 e. The summed E-state index contributed by atoms with van der Waals surface area (Å²) in [5, 5.41) is 2.46. The third-order valence-electron chi connectivity index (χ3n) is 4.60. The predicted molar refractivity (Wildman–Crippen MR) is 82.1 cm³/mol. The van der Waals surface area contributed by atoms with Gasteiger partial charge in [-0.2, -0.15) is 0 Å². The Bertz CT molecular complexity index is 429. The minimum absolute atomic E-state index is 0.649. The molecule has 106 valence electrons. The van der Waals surface area contributed by atoms with Crippen LogP contribution in [0.1, 0.15) is 55.4 Å². The largest absolute Gasteiger partial charge is 0.250 e. The van der Waals surface area contributed by atoms with Gasteiger partial charge < -0.3 is 0 Å². The molecule has 0 bridgehead atoms. The Labute approximate surface area is 118 Å². The molecule has 2 nitrogen and oxygen atoms in total. The summed E-state index contributed by atoms with van der Waals surface area (Å²) < 4.78 is 0. The number of nitrogens with zero attached hydrogens (tertiary/aromatic N) is 1. The first-order chi connectivity index (χ1) is 8.99. The zero-order valence-corrected chi connectivity index (χ0v) is 13.1.